The van der Waals surface area contributed by atoms with Gasteiger partial charge in [-0.25, -0.2) is 4.98 Å². The van der Waals surface area contributed by atoms with E-state index in [0.717, 1.165) is 17.5 Å². The molecule has 1 unspecified atom stereocenters. The first-order valence-electron chi connectivity index (χ1n) is 8.28. The van der Waals surface area contributed by atoms with Crippen LogP contribution in [0.25, 0.3) is 12.2 Å². The van der Waals surface area contributed by atoms with E-state index in [2.05, 4.69) is 24.0 Å². The zero-order chi connectivity index (χ0) is 17.2. The lowest BCUT2D eigenvalue weighted by molar-refractivity contribution is -0.133. The van der Waals surface area contributed by atoms with E-state index < -0.39 is 5.92 Å². The Bertz CT molecular complexity index is 955. The van der Waals surface area contributed by atoms with Crippen molar-refractivity contribution in [2.45, 2.75) is 19.3 Å². The molecule has 1 aliphatic heterocycles. The molecular weight excluding hydrogens is 314 g/mol. The van der Waals surface area contributed by atoms with Crippen LogP contribution in [0.3, 0.4) is 0 Å². The molecule has 0 spiro atoms. The summed E-state index contributed by atoms with van der Waals surface area (Å²) in [7, 11) is 0. The first-order valence-corrected chi connectivity index (χ1v) is 8.28. The van der Waals surface area contributed by atoms with Gasteiger partial charge in [0, 0.05) is 11.6 Å². The van der Waals surface area contributed by atoms with Crippen LogP contribution in [0.15, 0.2) is 59.1 Å². The Hall–Kier alpha value is -3.14. The van der Waals surface area contributed by atoms with Crippen molar-refractivity contribution in [3.8, 4) is 5.75 Å². The van der Waals surface area contributed by atoms with Gasteiger partial charge in [0.1, 0.15) is 17.4 Å². The van der Waals surface area contributed by atoms with E-state index in [9.17, 15) is 4.79 Å². The van der Waals surface area contributed by atoms with Gasteiger partial charge in [0.2, 0.25) is 5.89 Å². The Morgan fingerprint density at radius 2 is 1.88 bits per heavy atom. The second kappa shape index (κ2) is 6.40. The molecule has 1 aromatic heterocycles. The normalized spacial score (nSPS) is 16.2. The van der Waals surface area contributed by atoms with Gasteiger partial charge in [0.25, 0.3) is 0 Å². The van der Waals surface area contributed by atoms with E-state index in [-0.39, 0.29) is 5.97 Å². The lowest BCUT2D eigenvalue weighted by Gasteiger charge is -2.02. The van der Waals surface area contributed by atoms with Gasteiger partial charge in [0.15, 0.2) is 0 Å². The average Bonchev–Trinajstić information content (AvgIpc) is 3.23. The van der Waals surface area contributed by atoms with Crippen LogP contribution in [-0.4, -0.2) is 11.0 Å². The molecule has 0 fully saturated rings. The van der Waals surface area contributed by atoms with E-state index in [4.69, 9.17) is 9.15 Å². The molecule has 3 aromatic rings. The van der Waals surface area contributed by atoms with E-state index in [1.165, 1.54) is 5.56 Å². The van der Waals surface area contributed by atoms with Crippen LogP contribution in [0.5, 0.6) is 5.75 Å². The third-order valence-electron chi connectivity index (χ3n) is 4.34. The Morgan fingerprint density at radius 3 is 2.76 bits per heavy atom. The van der Waals surface area contributed by atoms with Gasteiger partial charge < -0.3 is 9.15 Å². The number of fused-ring (bicyclic) bond motifs is 1. The standard InChI is InChI=1S/C21H17NO3/c1-2-14-7-3-4-8-15(14)11-12-19-22-13-18(24-19)20-16-9-5-6-10-17(16)25-21(20)23/h3-13,20H,2H2,1H3/b12-11+. The topological polar surface area (TPSA) is 52.3 Å². The predicted octanol–water partition coefficient (Wildman–Crippen LogP) is 4.46. The fourth-order valence-corrected chi connectivity index (χ4v) is 3.07. The van der Waals surface area contributed by atoms with Gasteiger partial charge in [-0.3, -0.25) is 4.79 Å². The Balaban J connectivity index is 1.61. The summed E-state index contributed by atoms with van der Waals surface area (Å²) < 4.78 is 11.1. The maximum absolute atomic E-state index is 12.2. The minimum atomic E-state index is -0.547. The van der Waals surface area contributed by atoms with Crippen molar-refractivity contribution in [3.05, 3.63) is 83.1 Å². The van der Waals surface area contributed by atoms with Crippen LogP contribution >= 0.6 is 0 Å². The van der Waals surface area contributed by atoms with Crippen LogP contribution in [0.4, 0.5) is 0 Å². The molecule has 4 nitrogen and oxygen atoms in total. The molecule has 124 valence electrons. The van der Waals surface area contributed by atoms with Crippen molar-refractivity contribution in [1.29, 1.82) is 0 Å². The number of aromatic nitrogens is 1. The Kier molecular flexibility index (Phi) is 3.94. The fourth-order valence-electron chi connectivity index (χ4n) is 3.07. The fraction of sp³-hybridized carbons (Fsp3) is 0.143. The number of hydrogen-bond acceptors (Lipinski definition) is 4. The van der Waals surface area contributed by atoms with E-state index in [1.54, 1.807) is 12.3 Å². The molecular formula is C21H17NO3. The van der Waals surface area contributed by atoms with Crippen LogP contribution < -0.4 is 4.74 Å². The molecule has 4 heteroatoms. The maximum atomic E-state index is 12.2. The SMILES string of the molecule is CCc1ccccc1/C=C/c1ncc(C2C(=O)Oc3ccccc32)o1. The highest BCUT2D eigenvalue weighted by atomic mass is 16.5. The molecule has 2 heterocycles. The quantitative estimate of drug-likeness (QED) is 0.523. The number of carbonyl (C=O) groups is 1. The monoisotopic (exact) mass is 331 g/mol. The smallest absolute Gasteiger partial charge is 0.326 e. The molecule has 4 rings (SSSR count). The number of esters is 1. The zero-order valence-corrected chi connectivity index (χ0v) is 13.8. The van der Waals surface area contributed by atoms with Gasteiger partial charge in [-0.15, -0.1) is 0 Å². The first-order chi connectivity index (χ1) is 12.3. The molecule has 25 heavy (non-hydrogen) atoms. The van der Waals surface area contributed by atoms with E-state index in [0.29, 0.717) is 17.4 Å². The van der Waals surface area contributed by atoms with Gasteiger partial charge in [-0.1, -0.05) is 49.4 Å². The highest BCUT2D eigenvalue weighted by Gasteiger charge is 2.36. The van der Waals surface area contributed by atoms with Crippen LogP contribution in [0.1, 0.15) is 41.2 Å². The number of aryl methyl sites for hydroxylation is 1. The molecule has 1 atom stereocenters. The maximum Gasteiger partial charge on any atom is 0.326 e. The molecule has 0 saturated carbocycles. The summed E-state index contributed by atoms with van der Waals surface area (Å²) in [6.45, 7) is 2.12. The number of rotatable bonds is 4. The summed E-state index contributed by atoms with van der Waals surface area (Å²) in [4.78, 5) is 16.5. The summed E-state index contributed by atoms with van der Waals surface area (Å²) in [5.74, 6) is 0.678. The molecule has 2 aromatic carbocycles. The zero-order valence-electron chi connectivity index (χ0n) is 13.8. The van der Waals surface area contributed by atoms with Crippen molar-refractivity contribution in [3.63, 3.8) is 0 Å². The molecule has 0 saturated heterocycles. The molecule has 0 amide bonds. The third-order valence-corrected chi connectivity index (χ3v) is 4.34. The molecule has 0 N–H and O–H groups in total. The number of ether oxygens (including phenoxy) is 1. The van der Waals surface area contributed by atoms with Gasteiger partial charge in [-0.05, 0) is 29.7 Å². The Labute approximate surface area is 145 Å². The largest absolute Gasteiger partial charge is 0.441 e. The van der Waals surface area contributed by atoms with Crippen molar-refractivity contribution in [2.24, 2.45) is 0 Å². The Morgan fingerprint density at radius 1 is 1.08 bits per heavy atom. The number of benzene rings is 2. The minimum Gasteiger partial charge on any atom is -0.441 e. The lowest BCUT2D eigenvalue weighted by Crippen LogP contribution is -2.10. The third kappa shape index (κ3) is 2.87. The van der Waals surface area contributed by atoms with Gasteiger partial charge >= 0.3 is 5.97 Å². The number of carbonyl (C=O) groups excluding carboxylic acids is 1. The predicted molar refractivity (Wildman–Crippen MR) is 95.2 cm³/mol. The van der Waals surface area contributed by atoms with Crippen LogP contribution in [0, 0.1) is 0 Å². The second-order valence-electron chi connectivity index (χ2n) is 5.88. The van der Waals surface area contributed by atoms with Crippen molar-refractivity contribution >= 4 is 18.1 Å². The highest BCUT2D eigenvalue weighted by molar-refractivity contribution is 5.88. The van der Waals surface area contributed by atoms with Gasteiger partial charge in [0.05, 0.1) is 6.20 Å². The summed E-state index contributed by atoms with van der Waals surface area (Å²) in [6.07, 6.45) is 6.36. The number of para-hydroxylation sites is 1. The van der Waals surface area contributed by atoms with Gasteiger partial charge in [-0.2, -0.15) is 0 Å². The minimum absolute atomic E-state index is 0.329. The summed E-state index contributed by atoms with van der Waals surface area (Å²) >= 11 is 0. The lowest BCUT2D eigenvalue weighted by atomic mass is 9.99. The average molecular weight is 331 g/mol. The van der Waals surface area contributed by atoms with Crippen LogP contribution in [0.2, 0.25) is 0 Å². The van der Waals surface area contributed by atoms with Crippen molar-refractivity contribution < 1.29 is 13.9 Å². The number of nitrogens with zero attached hydrogens (tertiary/aromatic N) is 1. The van der Waals surface area contributed by atoms with E-state index >= 15 is 0 Å². The number of hydrogen-bond donors (Lipinski definition) is 0. The molecule has 0 bridgehead atoms. The summed E-state index contributed by atoms with van der Waals surface area (Å²) in [6, 6.07) is 15.6. The van der Waals surface area contributed by atoms with E-state index in [1.807, 2.05) is 42.5 Å². The van der Waals surface area contributed by atoms with Crippen molar-refractivity contribution in [1.82, 2.24) is 4.98 Å². The molecule has 0 radical (unpaired) electrons. The highest BCUT2D eigenvalue weighted by Crippen LogP contribution is 2.39. The van der Waals surface area contributed by atoms with Crippen LogP contribution in [-0.2, 0) is 11.2 Å². The summed E-state index contributed by atoms with van der Waals surface area (Å²) in [5.41, 5.74) is 3.21. The number of oxazole rings is 1. The van der Waals surface area contributed by atoms with Crippen molar-refractivity contribution in [2.75, 3.05) is 0 Å². The first kappa shape index (κ1) is 15.4. The molecule has 0 aliphatic carbocycles. The summed E-state index contributed by atoms with van der Waals surface area (Å²) in [5, 5.41) is 0. The second-order valence-corrected chi connectivity index (χ2v) is 5.88. The molecule has 1 aliphatic rings.